The van der Waals surface area contributed by atoms with Crippen molar-refractivity contribution in [1.82, 2.24) is 0 Å². The summed E-state index contributed by atoms with van der Waals surface area (Å²) in [6, 6.07) is 69.5. The highest BCUT2D eigenvalue weighted by molar-refractivity contribution is 6.38. The smallest absolute Gasteiger partial charge is 0.0546 e. The lowest BCUT2D eigenvalue weighted by Crippen LogP contribution is -2.11. The van der Waals surface area contributed by atoms with E-state index in [-0.39, 0.29) is 0 Å². The summed E-state index contributed by atoms with van der Waals surface area (Å²) in [5.41, 5.74) is 5.84. The Morgan fingerprint density at radius 2 is 0.725 bits per heavy atom. The molecule has 0 spiro atoms. The van der Waals surface area contributed by atoms with E-state index < -0.39 is 0 Å². The van der Waals surface area contributed by atoms with Crippen LogP contribution in [0.15, 0.2) is 188 Å². The van der Waals surface area contributed by atoms with Gasteiger partial charge in [-0.15, -0.1) is 0 Å². The maximum absolute atomic E-state index is 2.46. The van der Waals surface area contributed by atoms with Crippen LogP contribution in [0.25, 0.3) is 86.5 Å². The van der Waals surface area contributed by atoms with E-state index in [4.69, 9.17) is 0 Å². The van der Waals surface area contributed by atoms with Crippen molar-refractivity contribution < 1.29 is 0 Å². The average molecular weight is 646 g/mol. The van der Waals surface area contributed by atoms with E-state index in [1.807, 2.05) is 0 Å². The monoisotopic (exact) mass is 645 g/mol. The molecule has 1 nitrogen and oxygen atoms in total. The Balaban J connectivity index is 1.29. The SMILES string of the molecule is c1ccc(-c2ccc(N(c3ccc4ccccc4c3)c3cc4cccc5c6cccc7ccc8cccc(c9cccc3c9c45)c8c76)cc2)cc1. The Labute approximate surface area is 295 Å². The number of rotatable bonds is 4. The van der Waals surface area contributed by atoms with Crippen LogP contribution in [0.1, 0.15) is 0 Å². The fourth-order valence-corrected chi connectivity index (χ4v) is 8.64. The number of hydrogen-bond donors (Lipinski definition) is 0. The third-order valence-electron chi connectivity index (χ3n) is 10.9. The first-order valence-corrected chi connectivity index (χ1v) is 17.7. The molecule has 0 saturated heterocycles. The molecule has 0 aliphatic heterocycles. The van der Waals surface area contributed by atoms with E-state index in [1.54, 1.807) is 0 Å². The molecule has 11 rings (SSSR count). The first-order valence-electron chi connectivity index (χ1n) is 17.7. The van der Waals surface area contributed by atoms with E-state index in [1.165, 1.54) is 92.2 Å². The maximum atomic E-state index is 2.46. The number of benzene rings is 10. The molecule has 0 amide bonds. The van der Waals surface area contributed by atoms with Gasteiger partial charge in [0.05, 0.1) is 5.69 Å². The van der Waals surface area contributed by atoms with Crippen LogP contribution >= 0.6 is 0 Å². The number of anilines is 3. The summed E-state index contributed by atoms with van der Waals surface area (Å²) in [4.78, 5) is 2.46. The van der Waals surface area contributed by atoms with Gasteiger partial charge in [-0.2, -0.15) is 0 Å². The predicted octanol–water partition coefficient (Wildman–Crippen LogP) is 14.3. The minimum absolute atomic E-state index is 1.12. The van der Waals surface area contributed by atoms with Crippen molar-refractivity contribution in [3.05, 3.63) is 188 Å². The quantitative estimate of drug-likeness (QED) is 0.172. The summed E-state index contributed by atoms with van der Waals surface area (Å²) in [7, 11) is 0. The molecule has 0 N–H and O–H groups in total. The molecule has 0 aliphatic rings. The molecule has 0 bridgehead atoms. The zero-order chi connectivity index (χ0) is 33.5. The van der Waals surface area contributed by atoms with E-state index in [0.717, 1.165) is 11.4 Å². The second kappa shape index (κ2) is 10.9. The lowest BCUT2D eigenvalue weighted by atomic mass is 9.87. The average Bonchev–Trinajstić information content (AvgIpc) is 3.20. The van der Waals surface area contributed by atoms with Gasteiger partial charge in [-0.05, 0) is 106 Å². The van der Waals surface area contributed by atoms with Crippen LogP contribution in [-0.4, -0.2) is 0 Å². The summed E-state index contributed by atoms with van der Waals surface area (Å²) in [6.07, 6.45) is 0. The number of nitrogens with zero attached hydrogens (tertiary/aromatic N) is 1. The summed E-state index contributed by atoms with van der Waals surface area (Å²) in [5, 5.41) is 17.9. The van der Waals surface area contributed by atoms with Gasteiger partial charge in [-0.3, -0.25) is 0 Å². The number of hydrogen-bond acceptors (Lipinski definition) is 1. The predicted molar refractivity (Wildman–Crippen MR) is 220 cm³/mol. The van der Waals surface area contributed by atoms with Crippen LogP contribution in [0.5, 0.6) is 0 Å². The molecule has 0 aliphatic carbocycles. The van der Waals surface area contributed by atoms with Crippen molar-refractivity contribution in [1.29, 1.82) is 0 Å². The Morgan fingerprint density at radius 3 is 1.41 bits per heavy atom. The van der Waals surface area contributed by atoms with Crippen LogP contribution in [0.2, 0.25) is 0 Å². The summed E-state index contributed by atoms with van der Waals surface area (Å²) in [6.45, 7) is 0. The van der Waals surface area contributed by atoms with Crippen molar-refractivity contribution in [3.8, 4) is 11.1 Å². The zero-order valence-electron chi connectivity index (χ0n) is 27.8. The molecule has 11 aromatic carbocycles. The maximum Gasteiger partial charge on any atom is 0.0546 e. The molecular weight excluding hydrogens is 615 g/mol. The fraction of sp³-hybridized carbons (Fsp3) is 0. The highest BCUT2D eigenvalue weighted by atomic mass is 15.1. The lowest BCUT2D eigenvalue weighted by molar-refractivity contribution is 1.31. The molecule has 0 atom stereocenters. The van der Waals surface area contributed by atoms with Gasteiger partial charge in [-0.25, -0.2) is 0 Å². The van der Waals surface area contributed by atoms with Gasteiger partial charge in [0.15, 0.2) is 0 Å². The van der Waals surface area contributed by atoms with Gasteiger partial charge in [0.2, 0.25) is 0 Å². The van der Waals surface area contributed by atoms with Crippen molar-refractivity contribution >= 4 is 92.5 Å². The Hall–Kier alpha value is -6.70. The molecule has 1 heteroatoms. The van der Waals surface area contributed by atoms with Crippen molar-refractivity contribution in [2.45, 2.75) is 0 Å². The van der Waals surface area contributed by atoms with Crippen LogP contribution in [-0.2, 0) is 0 Å². The zero-order valence-corrected chi connectivity index (χ0v) is 27.8. The Morgan fingerprint density at radius 1 is 0.255 bits per heavy atom. The first kappa shape index (κ1) is 28.2. The largest absolute Gasteiger partial charge is 0.310 e. The van der Waals surface area contributed by atoms with Gasteiger partial charge in [0, 0.05) is 22.1 Å². The van der Waals surface area contributed by atoms with Crippen LogP contribution < -0.4 is 4.90 Å². The van der Waals surface area contributed by atoms with Crippen LogP contribution in [0.3, 0.4) is 0 Å². The molecule has 0 saturated carbocycles. The summed E-state index contributed by atoms with van der Waals surface area (Å²) >= 11 is 0. The molecule has 51 heavy (non-hydrogen) atoms. The van der Waals surface area contributed by atoms with Crippen molar-refractivity contribution in [2.75, 3.05) is 4.90 Å². The minimum Gasteiger partial charge on any atom is -0.310 e. The van der Waals surface area contributed by atoms with Crippen molar-refractivity contribution in [3.63, 3.8) is 0 Å². The first-order chi connectivity index (χ1) is 25.3. The molecule has 0 fully saturated rings. The van der Waals surface area contributed by atoms with Gasteiger partial charge in [0.25, 0.3) is 0 Å². The van der Waals surface area contributed by atoms with E-state index in [9.17, 15) is 0 Å². The Kier molecular flexibility index (Phi) is 6.02. The fourth-order valence-electron chi connectivity index (χ4n) is 8.64. The third kappa shape index (κ3) is 4.22. The molecule has 236 valence electrons. The minimum atomic E-state index is 1.12. The molecule has 11 aromatic rings. The lowest BCUT2D eigenvalue weighted by Gasteiger charge is -2.28. The van der Waals surface area contributed by atoms with Gasteiger partial charge in [0.1, 0.15) is 0 Å². The molecule has 0 aromatic heterocycles. The van der Waals surface area contributed by atoms with Crippen molar-refractivity contribution in [2.24, 2.45) is 0 Å². The third-order valence-corrected chi connectivity index (χ3v) is 10.9. The second-order valence-electron chi connectivity index (χ2n) is 13.7. The van der Waals surface area contributed by atoms with Gasteiger partial charge < -0.3 is 4.90 Å². The Bertz CT molecular complexity index is 3120. The topological polar surface area (TPSA) is 3.24 Å². The van der Waals surface area contributed by atoms with Gasteiger partial charge >= 0.3 is 0 Å². The standard InChI is InChI=1S/C50H31N/c1-2-10-32(11-3-1)34-24-27-39(28-25-34)51(40-29-26-33-12-4-5-13-37(33)30-40)46-31-38-16-8-19-42-41-17-6-14-35-22-23-36-15-7-18-43(48(36)47(35)41)44-20-9-21-45(46)50(44)49(38)42/h1-31H. The molecular formula is C50H31N. The summed E-state index contributed by atoms with van der Waals surface area (Å²) in [5.74, 6) is 0. The van der Waals surface area contributed by atoms with E-state index in [0.29, 0.717) is 0 Å². The van der Waals surface area contributed by atoms with Crippen LogP contribution in [0.4, 0.5) is 17.1 Å². The molecule has 0 heterocycles. The van der Waals surface area contributed by atoms with Gasteiger partial charge in [-0.1, -0.05) is 158 Å². The van der Waals surface area contributed by atoms with E-state index >= 15 is 0 Å². The van der Waals surface area contributed by atoms with Crippen LogP contribution in [0, 0.1) is 0 Å². The second-order valence-corrected chi connectivity index (χ2v) is 13.7. The normalized spacial score (nSPS) is 11.9. The molecule has 0 unspecified atom stereocenters. The highest BCUT2D eigenvalue weighted by Crippen LogP contribution is 2.48. The molecule has 0 radical (unpaired) electrons. The highest BCUT2D eigenvalue weighted by Gasteiger charge is 2.21. The summed E-state index contributed by atoms with van der Waals surface area (Å²) < 4.78 is 0. The number of fused-ring (bicyclic) bond motifs is 3. The van der Waals surface area contributed by atoms with E-state index in [2.05, 4.69) is 193 Å².